The molecule has 2 rings (SSSR count). The lowest BCUT2D eigenvalue weighted by atomic mass is 10.1. The Bertz CT molecular complexity index is 352. The maximum Gasteiger partial charge on any atom is 0.227 e. The van der Waals surface area contributed by atoms with Gasteiger partial charge in [-0.15, -0.1) is 11.6 Å². The molecule has 1 heterocycles. The highest BCUT2D eigenvalue weighted by molar-refractivity contribution is 6.18. The molecule has 1 saturated heterocycles. The average molecular weight is 238 g/mol. The maximum absolute atomic E-state index is 12.1. The quantitative estimate of drug-likeness (QED) is 0.740. The molecule has 2 nitrogen and oxygen atoms in total. The summed E-state index contributed by atoms with van der Waals surface area (Å²) in [6.07, 6.45) is 2.62. The Morgan fingerprint density at radius 2 is 2.12 bits per heavy atom. The molecule has 0 aliphatic carbocycles. The number of carbonyl (C=O) groups excluding carboxylic acids is 1. The lowest BCUT2D eigenvalue weighted by Crippen LogP contribution is -2.37. The van der Waals surface area contributed by atoms with E-state index in [1.165, 1.54) is 0 Å². The van der Waals surface area contributed by atoms with E-state index in [2.05, 4.69) is 0 Å². The Morgan fingerprint density at radius 1 is 1.38 bits per heavy atom. The zero-order valence-corrected chi connectivity index (χ0v) is 9.99. The summed E-state index contributed by atoms with van der Waals surface area (Å²) in [5, 5.41) is 0. The number of rotatable bonds is 3. The average Bonchev–Trinajstić information content (AvgIpc) is 2.78. The smallest absolute Gasteiger partial charge is 0.227 e. The van der Waals surface area contributed by atoms with Crippen molar-refractivity contribution in [2.75, 3.05) is 12.4 Å². The number of nitrogens with zero attached hydrogens (tertiary/aromatic N) is 1. The topological polar surface area (TPSA) is 20.3 Å². The molecule has 1 amide bonds. The highest BCUT2D eigenvalue weighted by Gasteiger charge is 2.27. The van der Waals surface area contributed by atoms with Gasteiger partial charge in [0.15, 0.2) is 0 Å². The van der Waals surface area contributed by atoms with Crippen molar-refractivity contribution in [1.29, 1.82) is 0 Å². The zero-order chi connectivity index (χ0) is 11.4. The van der Waals surface area contributed by atoms with Crippen LogP contribution in [0.1, 0.15) is 18.4 Å². The van der Waals surface area contributed by atoms with Crippen molar-refractivity contribution in [3.63, 3.8) is 0 Å². The minimum absolute atomic E-state index is 0.203. The molecule has 3 heteroatoms. The summed E-state index contributed by atoms with van der Waals surface area (Å²) >= 11 is 5.86. The molecule has 1 aliphatic heterocycles. The zero-order valence-electron chi connectivity index (χ0n) is 9.23. The van der Waals surface area contributed by atoms with Gasteiger partial charge in [0, 0.05) is 18.5 Å². The third-order valence-electron chi connectivity index (χ3n) is 3.07. The summed E-state index contributed by atoms with van der Waals surface area (Å²) in [5.74, 6) is 0.759. The molecule has 0 radical (unpaired) electrons. The van der Waals surface area contributed by atoms with Crippen molar-refractivity contribution in [1.82, 2.24) is 4.90 Å². The van der Waals surface area contributed by atoms with Crippen LogP contribution >= 0.6 is 11.6 Å². The van der Waals surface area contributed by atoms with Gasteiger partial charge < -0.3 is 4.90 Å². The van der Waals surface area contributed by atoms with E-state index in [1.807, 2.05) is 35.2 Å². The monoisotopic (exact) mass is 237 g/mol. The Hall–Kier alpha value is -1.02. The second kappa shape index (κ2) is 5.35. The normalized spacial score (nSPS) is 20.1. The van der Waals surface area contributed by atoms with Crippen LogP contribution in [0.5, 0.6) is 0 Å². The molecular weight excluding hydrogens is 222 g/mol. The molecule has 0 bridgehead atoms. The molecule has 0 spiro atoms. The molecule has 0 N–H and O–H groups in total. The molecule has 0 saturated carbocycles. The third kappa shape index (κ3) is 2.56. The van der Waals surface area contributed by atoms with Crippen LogP contribution in [-0.4, -0.2) is 29.3 Å². The fraction of sp³-hybridized carbons (Fsp3) is 0.462. The van der Waals surface area contributed by atoms with Crippen LogP contribution in [0.25, 0.3) is 0 Å². The number of benzene rings is 1. The van der Waals surface area contributed by atoms with Gasteiger partial charge in [-0.1, -0.05) is 30.3 Å². The largest absolute Gasteiger partial charge is 0.338 e. The van der Waals surface area contributed by atoms with Gasteiger partial charge in [0.1, 0.15) is 0 Å². The highest BCUT2D eigenvalue weighted by atomic mass is 35.5. The summed E-state index contributed by atoms with van der Waals surface area (Å²) in [5.41, 5.74) is 1.08. The molecule has 1 aliphatic rings. The van der Waals surface area contributed by atoms with Crippen molar-refractivity contribution >= 4 is 17.5 Å². The molecule has 0 aromatic heterocycles. The van der Waals surface area contributed by atoms with Gasteiger partial charge in [0.05, 0.1) is 6.42 Å². The van der Waals surface area contributed by atoms with Crippen LogP contribution < -0.4 is 0 Å². The first-order valence-electron chi connectivity index (χ1n) is 5.70. The van der Waals surface area contributed by atoms with Gasteiger partial charge >= 0.3 is 0 Å². The molecule has 1 fully saturated rings. The summed E-state index contributed by atoms with van der Waals surface area (Å²) in [6.45, 7) is 0.864. The predicted octanol–water partition coefficient (Wildman–Crippen LogP) is 2.46. The lowest BCUT2D eigenvalue weighted by Gasteiger charge is -2.22. The second-order valence-corrected chi connectivity index (χ2v) is 4.51. The standard InChI is InChI=1S/C13H16ClNO/c14-10-12-7-4-8-15(12)13(16)9-11-5-2-1-3-6-11/h1-3,5-6,12H,4,7-10H2. The highest BCUT2D eigenvalue weighted by Crippen LogP contribution is 2.19. The van der Waals surface area contributed by atoms with E-state index in [-0.39, 0.29) is 11.9 Å². The molecule has 16 heavy (non-hydrogen) atoms. The Labute approximate surface area is 101 Å². The van der Waals surface area contributed by atoms with E-state index in [4.69, 9.17) is 11.6 Å². The van der Waals surface area contributed by atoms with E-state index in [0.29, 0.717) is 12.3 Å². The minimum atomic E-state index is 0.203. The van der Waals surface area contributed by atoms with Crippen LogP contribution in [0.15, 0.2) is 30.3 Å². The molecule has 86 valence electrons. The minimum Gasteiger partial charge on any atom is -0.338 e. The van der Waals surface area contributed by atoms with E-state index < -0.39 is 0 Å². The number of halogens is 1. The maximum atomic E-state index is 12.1. The van der Waals surface area contributed by atoms with Gasteiger partial charge in [0.2, 0.25) is 5.91 Å². The van der Waals surface area contributed by atoms with Crippen molar-refractivity contribution in [2.24, 2.45) is 0 Å². The van der Waals surface area contributed by atoms with Crippen molar-refractivity contribution < 1.29 is 4.79 Å². The first-order chi connectivity index (χ1) is 7.81. The van der Waals surface area contributed by atoms with Crippen molar-refractivity contribution in [3.8, 4) is 0 Å². The number of hydrogen-bond acceptors (Lipinski definition) is 1. The molecule has 1 aromatic carbocycles. The summed E-state index contributed by atoms with van der Waals surface area (Å²) in [4.78, 5) is 14.0. The van der Waals surface area contributed by atoms with Gasteiger partial charge in [-0.3, -0.25) is 4.79 Å². The van der Waals surface area contributed by atoms with Gasteiger partial charge in [0.25, 0.3) is 0 Å². The number of alkyl halides is 1. The van der Waals surface area contributed by atoms with Crippen LogP contribution in [0, 0.1) is 0 Å². The predicted molar refractivity (Wildman–Crippen MR) is 65.6 cm³/mol. The van der Waals surface area contributed by atoms with Crippen molar-refractivity contribution in [3.05, 3.63) is 35.9 Å². The Morgan fingerprint density at radius 3 is 2.81 bits per heavy atom. The van der Waals surface area contributed by atoms with E-state index in [0.717, 1.165) is 24.9 Å². The Balaban J connectivity index is 1.98. The molecule has 1 atom stereocenters. The summed E-state index contributed by atoms with van der Waals surface area (Å²) < 4.78 is 0. The summed E-state index contributed by atoms with van der Waals surface area (Å²) in [6, 6.07) is 10.1. The molecular formula is C13H16ClNO. The summed E-state index contributed by atoms with van der Waals surface area (Å²) in [7, 11) is 0. The third-order valence-corrected chi connectivity index (χ3v) is 3.43. The number of amides is 1. The van der Waals surface area contributed by atoms with E-state index >= 15 is 0 Å². The van der Waals surface area contributed by atoms with E-state index in [1.54, 1.807) is 0 Å². The van der Waals surface area contributed by atoms with Crippen LogP contribution in [0.3, 0.4) is 0 Å². The fourth-order valence-corrected chi connectivity index (χ4v) is 2.52. The van der Waals surface area contributed by atoms with Crippen molar-refractivity contribution in [2.45, 2.75) is 25.3 Å². The second-order valence-electron chi connectivity index (χ2n) is 4.20. The van der Waals surface area contributed by atoms with Crippen LogP contribution in [0.4, 0.5) is 0 Å². The van der Waals surface area contributed by atoms with Gasteiger partial charge in [-0.2, -0.15) is 0 Å². The van der Waals surface area contributed by atoms with E-state index in [9.17, 15) is 4.79 Å². The number of carbonyl (C=O) groups is 1. The van der Waals surface area contributed by atoms with Crippen LogP contribution in [0.2, 0.25) is 0 Å². The number of likely N-dealkylation sites (tertiary alicyclic amines) is 1. The molecule has 1 aromatic rings. The first-order valence-corrected chi connectivity index (χ1v) is 6.24. The number of hydrogen-bond donors (Lipinski definition) is 0. The SMILES string of the molecule is O=C(Cc1ccccc1)N1CCCC1CCl. The Kier molecular flexibility index (Phi) is 3.83. The first kappa shape index (κ1) is 11.5. The molecule has 1 unspecified atom stereocenters. The van der Waals surface area contributed by atoms with Crippen LogP contribution in [-0.2, 0) is 11.2 Å². The van der Waals surface area contributed by atoms with Gasteiger partial charge in [-0.25, -0.2) is 0 Å². The fourth-order valence-electron chi connectivity index (χ4n) is 2.20. The van der Waals surface area contributed by atoms with Gasteiger partial charge in [-0.05, 0) is 18.4 Å². The lowest BCUT2D eigenvalue weighted by molar-refractivity contribution is -0.130.